The van der Waals surface area contributed by atoms with E-state index in [0.717, 1.165) is 11.4 Å². The maximum Gasteiger partial charge on any atom is 0.0825 e. The van der Waals surface area contributed by atoms with E-state index in [4.69, 9.17) is 11.6 Å². The third kappa shape index (κ3) is 2.27. The van der Waals surface area contributed by atoms with Crippen LogP contribution >= 0.6 is 11.6 Å². The van der Waals surface area contributed by atoms with Crippen LogP contribution in [-0.2, 0) is 7.05 Å². The summed E-state index contributed by atoms with van der Waals surface area (Å²) in [6, 6.07) is 0. The van der Waals surface area contributed by atoms with Crippen molar-refractivity contribution < 1.29 is 0 Å². The lowest BCUT2D eigenvalue weighted by Crippen LogP contribution is -2.00. The van der Waals surface area contributed by atoms with Gasteiger partial charge in [-0.2, -0.15) is 5.10 Å². The molecule has 0 bridgehead atoms. The first-order valence-electron chi connectivity index (χ1n) is 3.67. The van der Waals surface area contributed by atoms with E-state index in [0.29, 0.717) is 11.6 Å². The second-order valence-corrected chi connectivity index (χ2v) is 3.21. The first kappa shape index (κ1) is 9.13. The highest BCUT2D eigenvalue weighted by molar-refractivity contribution is 6.29. The number of hydrogen-bond acceptors (Lipinski definition) is 2. The molecule has 1 aromatic heterocycles. The third-order valence-corrected chi connectivity index (χ3v) is 1.62. The molecule has 4 heteroatoms. The number of anilines is 1. The molecule has 0 atom stereocenters. The van der Waals surface area contributed by atoms with Gasteiger partial charge in [0.25, 0.3) is 0 Å². The third-order valence-electron chi connectivity index (χ3n) is 1.48. The zero-order valence-corrected chi connectivity index (χ0v) is 8.02. The summed E-state index contributed by atoms with van der Waals surface area (Å²) < 4.78 is 1.76. The molecule has 0 fully saturated rings. The van der Waals surface area contributed by atoms with Crippen LogP contribution in [0.4, 0.5) is 5.69 Å². The van der Waals surface area contributed by atoms with Crippen molar-refractivity contribution in [2.75, 3.05) is 11.9 Å². The summed E-state index contributed by atoms with van der Waals surface area (Å²) in [5.74, 6) is 0. The van der Waals surface area contributed by atoms with Crippen molar-refractivity contribution in [3.05, 3.63) is 23.5 Å². The molecule has 0 spiro atoms. The van der Waals surface area contributed by atoms with E-state index < -0.39 is 0 Å². The summed E-state index contributed by atoms with van der Waals surface area (Å²) in [6.07, 6.45) is 1.91. The molecular formula is C8H12ClN3. The highest BCUT2D eigenvalue weighted by Crippen LogP contribution is 2.11. The quantitative estimate of drug-likeness (QED) is 0.780. The number of aryl methyl sites for hydroxylation is 2. The van der Waals surface area contributed by atoms with E-state index in [1.165, 1.54) is 0 Å². The second kappa shape index (κ2) is 3.63. The molecule has 0 aromatic carbocycles. The maximum absolute atomic E-state index is 5.60. The minimum absolute atomic E-state index is 0.577. The van der Waals surface area contributed by atoms with Gasteiger partial charge in [-0.25, -0.2) is 0 Å². The van der Waals surface area contributed by atoms with Gasteiger partial charge in [-0.05, 0) is 6.92 Å². The molecule has 0 aliphatic carbocycles. The average Bonchev–Trinajstić information content (AvgIpc) is 2.26. The van der Waals surface area contributed by atoms with E-state index in [9.17, 15) is 0 Å². The highest BCUT2D eigenvalue weighted by atomic mass is 35.5. The van der Waals surface area contributed by atoms with Crippen molar-refractivity contribution in [3.63, 3.8) is 0 Å². The van der Waals surface area contributed by atoms with E-state index >= 15 is 0 Å². The molecule has 1 heterocycles. The Balaban J connectivity index is 2.62. The fourth-order valence-corrected chi connectivity index (χ4v) is 1.03. The van der Waals surface area contributed by atoms with Crippen molar-refractivity contribution in [2.45, 2.75) is 6.92 Å². The number of rotatable bonds is 3. The van der Waals surface area contributed by atoms with Gasteiger partial charge in [-0.3, -0.25) is 4.68 Å². The summed E-state index contributed by atoms with van der Waals surface area (Å²) in [5.41, 5.74) is 1.97. The predicted molar refractivity (Wildman–Crippen MR) is 51.4 cm³/mol. The molecule has 0 saturated carbocycles. The van der Waals surface area contributed by atoms with Crippen molar-refractivity contribution in [2.24, 2.45) is 7.05 Å². The van der Waals surface area contributed by atoms with Gasteiger partial charge in [-0.15, -0.1) is 0 Å². The number of nitrogens with zero attached hydrogens (tertiary/aromatic N) is 2. The van der Waals surface area contributed by atoms with Gasteiger partial charge in [0.05, 0.1) is 17.9 Å². The molecule has 12 heavy (non-hydrogen) atoms. The Hall–Kier alpha value is -0.960. The first-order chi connectivity index (χ1) is 5.59. The van der Waals surface area contributed by atoms with Gasteiger partial charge in [0.1, 0.15) is 0 Å². The van der Waals surface area contributed by atoms with Crippen LogP contribution in [0.25, 0.3) is 0 Å². The van der Waals surface area contributed by atoms with Crippen LogP contribution in [0.5, 0.6) is 0 Å². The van der Waals surface area contributed by atoms with E-state index in [1.807, 2.05) is 20.2 Å². The molecule has 0 radical (unpaired) electrons. The average molecular weight is 186 g/mol. The number of halogens is 1. The Bertz CT molecular complexity index is 290. The molecule has 66 valence electrons. The minimum atomic E-state index is 0.577. The van der Waals surface area contributed by atoms with Crippen LogP contribution in [0.1, 0.15) is 5.69 Å². The lowest BCUT2D eigenvalue weighted by molar-refractivity contribution is 0.756. The van der Waals surface area contributed by atoms with Crippen molar-refractivity contribution in [3.8, 4) is 0 Å². The Morgan fingerprint density at radius 2 is 2.50 bits per heavy atom. The Kier molecular flexibility index (Phi) is 2.76. The predicted octanol–water partition coefficient (Wildman–Crippen LogP) is 1.89. The Morgan fingerprint density at radius 3 is 2.92 bits per heavy atom. The second-order valence-electron chi connectivity index (χ2n) is 2.67. The van der Waals surface area contributed by atoms with Crippen LogP contribution in [0, 0.1) is 6.92 Å². The normalized spacial score (nSPS) is 9.92. The van der Waals surface area contributed by atoms with Gasteiger partial charge in [0.2, 0.25) is 0 Å². The molecule has 1 N–H and O–H groups in total. The van der Waals surface area contributed by atoms with Gasteiger partial charge in [0.15, 0.2) is 0 Å². The van der Waals surface area contributed by atoms with Gasteiger partial charge in [-0.1, -0.05) is 18.2 Å². The zero-order valence-electron chi connectivity index (χ0n) is 7.26. The summed E-state index contributed by atoms with van der Waals surface area (Å²) in [5, 5.41) is 7.88. The molecule has 0 amide bonds. The number of aromatic nitrogens is 2. The summed E-state index contributed by atoms with van der Waals surface area (Å²) in [4.78, 5) is 0. The first-order valence-corrected chi connectivity index (χ1v) is 4.05. The van der Waals surface area contributed by atoms with Gasteiger partial charge in [0, 0.05) is 18.3 Å². The van der Waals surface area contributed by atoms with Gasteiger partial charge >= 0.3 is 0 Å². The molecule has 0 aliphatic rings. The van der Waals surface area contributed by atoms with E-state index in [-0.39, 0.29) is 0 Å². The zero-order chi connectivity index (χ0) is 9.14. The van der Waals surface area contributed by atoms with Gasteiger partial charge < -0.3 is 5.32 Å². The summed E-state index contributed by atoms with van der Waals surface area (Å²) >= 11 is 5.60. The topological polar surface area (TPSA) is 29.9 Å². The summed E-state index contributed by atoms with van der Waals surface area (Å²) in [6.45, 7) is 6.10. The fraction of sp³-hybridized carbons (Fsp3) is 0.375. The van der Waals surface area contributed by atoms with Crippen LogP contribution in [0.15, 0.2) is 17.8 Å². The van der Waals surface area contributed by atoms with Crippen molar-refractivity contribution in [1.29, 1.82) is 0 Å². The van der Waals surface area contributed by atoms with Crippen LogP contribution in [-0.4, -0.2) is 16.3 Å². The standard InChI is InChI=1S/C8H12ClN3/c1-6(9)4-10-8-5-12(3)11-7(8)2/h5,10H,1,4H2,2-3H3. The monoisotopic (exact) mass is 185 g/mol. The Morgan fingerprint density at radius 1 is 1.83 bits per heavy atom. The largest absolute Gasteiger partial charge is 0.377 e. The molecule has 0 aliphatic heterocycles. The fourth-order valence-electron chi connectivity index (χ4n) is 0.964. The molecule has 1 aromatic rings. The Labute approximate surface area is 77.0 Å². The van der Waals surface area contributed by atoms with Crippen molar-refractivity contribution in [1.82, 2.24) is 9.78 Å². The highest BCUT2D eigenvalue weighted by Gasteiger charge is 2.00. The minimum Gasteiger partial charge on any atom is -0.377 e. The lowest BCUT2D eigenvalue weighted by atomic mass is 10.4. The SMILES string of the molecule is C=C(Cl)CNc1cn(C)nc1C. The molecule has 0 saturated heterocycles. The van der Waals surface area contributed by atoms with Crippen LogP contribution in [0.2, 0.25) is 0 Å². The molecule has 1 rings (SSSR count). The molecule has 0 unspecified atom stereocenters. The summed E-state index contributed by atoms with van der Waals surface area (Å²) in [7, 11) is 1.88. The number of nitrogens with one attached hydrogen (secondary N) is 1. The van der Waals surface area contributed by atoms with Crippen LogP contribution in [0.3, 0.4) is 0 Å². The smallest absolute Gasteiger partial charge is 0.0825 e. The molecular weight excluding hydrogens is 174 g/mol. The van der Waals surface area contributed by atoms with E-state index in [2.05, 4.69) is 17.0 Å². The number of hydrogen-bond donors (Lipinski definition) is 1. The molecule has 3 nitrogen and oxygen atoms in total. The van der Waals surface area contributed by atoms with E-state index in [1.54, 1.807) is 4.68 Å². The maximum atomic E-state index is 5.60. The van der Waals surface area contributed by atoms with Crippen molar-refractivity contribution >= 4 is 17.3 Å². The lowest BCUT2D eigenvalue weighted by Gasteiger charge is -2.01. The van der Waals surface area contributed by atoms with Crippen LogP contribution < -0.4 is 5.32 Å².